The van der Waals surface area contributed by atoms with E-state index < -0.39 is 0 Å². The van der Waals surface area contributed by atoms with Gasteiger partial charge < -0.3 is 21.1 Å². The van der Waals surface area contributed by atoms with Gasteiger partial charge in [-0.1, -0.05) is 18.2 Å². The zero-order chi connectivity index (χ0) is 16.2. The molecule has 1 aromatic rings. The fourth-order valence-electron chi connectivity index (χ4n) is 2.77. The third-order valence-corrected chi connectivity index (χ3v) is 3.88. The lowest BCUT2D eigenvalue weighted by Gasteiger charge is -2.17. The minimum absolute atomic E-state index is 0.300. The number of allylic oxidation sites excluding steroid dienone is 2. The molecule has 1 atom stereocenters. The van der Waals surface area contributed by atoms with Gasteiger partial charge in [-0.2, -0.15) is 0 Å². The molecular formula is C18H21N3O2. The van der Waals surface area contributed by atoms with Crippen molar-refractivity contribution in [3.8, 4) is 0 Å². The summed E-state index contributed by atoms with van der Waals surface area (Å²) in [5.74, 6) is -0.300. The zero-order valence-electron chi connectivity index (χ0n) is 13.1. The Hall–Kier alpha value is -2.53. The van der Waals surface area contributed by atoms with Crippen LogP contribution < -0.4 is 16.4 Å². The van der Waals surface area contributed by atoms with Crippen molar-refractivity contribution in [3.63, 3.8) is 0 Å². The van der Waals surface area contributed by atoms with Gasteiger partial charge in [0, 0.05) is 24.2 Å². The van der Waals surface area contributed by atoms with Gasteiger partial charge in [-0.15, -0.1) is 0 Å². The van der Waals surface area contributed by atoms with Crippen molar-refractivity contribution in [2.75, 3.05) is 18.5 Å². The summed E-state index contributed by atoms with van der Waals surface area (Å²) in [7, 11) is 0. The fraction of sp³-hybridized carbons (Fsp3) is 0.278. The minimum atomic E-state index is -0.319. The number of hydrogen-bond acceptors (Lipinski definition) is 5. The number of anilines is 1. The van der Waals surface area contributed by atoms with E-state index in [1.165, 1.54) is 5.57 Å². The van der Waals surface area contributed by atoms with E-state index in [1.807, 2.05) is 24.4 Å². The Morgan fingerprint density at radius 3 is 3.04 bits per heavy atom. The summed E-state index contributed by atoms with van der Waals surface area (Å²) < 4.78 is 5.10. The molecule has 0 saturated carbocycles. The number of fused-ring (bicyclic) bond motifs is 1. The van der Waals surface area contributed by atoms with Crippen LogP contribution in [-0.4, -0.2) is 25.3 Å². The lowest BCUT2D eigenvalue weighted by molar-refractivity contribution is -0.138. The average molecular weight is 311 g/mol. The van der Waals surface area contributed by atoms with Crippen molar-refractivity contribution in [1.29, 1.82) is 0 Å². The highest BCUT2D eigenvalue weighted by atomic mass is 16.5. The SMILES string of the molecule is CCOC(=O)C1=Cc2ccc(C3=CC=CNC3)cc2NC(N)C1. The molecule has 5 heteroatoms. The van der Waals surface area contributed by atoms with Crippen LogP contribution in [0.5, 0.6) is 0 Å². The van der Waals surface area contributed by atoms with Gasteiger partial charge in [-0.05, 0) is 48.0 Å². The van der Waals surface area contributed by atoms with Gasteiger partial charge in [0.2, 0.25) is 0 Å². The minimum Gasteiger partial charge on any atom is -0.463 e. The van der Waals surface area contributed by atoms with Gasteiger partial charge in [0.05, 0.1) is 12.8 Å². The van der Waals surface area contributed by atoms with Crippen LogP contribution in [0.2, 0.25) is 0 Å². The summed E-state index contributed by atoms with van der Waals surface area (Å²) in [4.78, 5) is 12.0. The first-order valence-electron chi connectivity index (χ1n) is 7.80. The highest BCUT2D eigenvalue weighted by molar-refractivity contribution is 5.95. The molecule has 0 aromatic heterocycles. The van der Waals surface area contributed by atoms with E-state index in [0.717, 1.165) is 23.4 Å². The second kappa shape index (κ2) is 6.71. The van der Waals surface area contributed by atoms with E-state index in [-0.39, 0.29) is 12.1 Å². The maximum absolute atomic E-state index is 12.0. The summed E-state index contributed by atoms with van der Waals surface area (Å²) >= 11 is 0. The second-order valence-corrected chi connectivity index (χ2v) is 5.58. The van der Waals surface area contributed by atoms with E-state index in [0.29, 0.717) is 18.6 Å². The van der Waals surface area contributed by atoms with Gasteiger partial charge in [0.25, 0.3) is 0 Å². The molecule has 4 N–H and O–H groups in total. The Morgan fingerprint density at radius 2 is 2.30 bits per heavy atom. The maximum atomic E-state index is 12.0. The molecule has 0 spiro atoms. The molecule has 0 fully saturated rings. The van der Waals surface area contributed by atoms with Crippen LogP contribution in [0.1, 0.15) is 24.5 Å². The molecule has 0 bridgehead atoms. The number of nitrogens with one attached hydrogen (secondary N) is 2. The van der Waals surface area contributed by atoms with Gasteiger partial charge in [0.1, 0.15) is 0 Å². The van der Waals surface area contributed by atoms with Crippen molar-refractivity contribution in [2.45, 2.75) is 19.5 Å². The molecule has 0 radical (unpaired) electrons. The molecule has 0 amide bonds. The Bertz CT molecular complexity index is 704. The largest absolute Gasteiger partial charge is 0.463 e. The third-order valence-electron chi connectivity index (χ3n) is 3.88. The second-order valence-electron chi connectivity index (χ2n) is 5.58. The van der Waals surface area contributed by atoms with Crippen LogP contribution in [0.15, 0.2) is 42.1 Å². The first-order chi connectivity index (χ1) is 11.2. The molecule has 5 nitrogen and oxygen atoms in total. The van der Waals surface area contributed by atoms with E-state index in [4.69, 9.17) is 10.5 Å². The zero-order valence-corrected chi connectivity index (χ0v) is 13.1. The summed E-state index contributed by atoms with van der Waals surface area (Å²) in [5, 5.41) is 6.48. The van der Waals surface area contributed by atoms with Gasteiger partial charge in [-0.3, -0.25) is 0 Å². The van der Waals surface area contributed by atoms with Crippen LogP contribution in [0.3, 0.4) is 0 Å². The third kappa shape index (κ3) is 3.46. The quantitative estimate of drug-likeness (QED) is 0.746. The number of carbonyl (C=O) groups excluding carboxylic acids is 1. The maximum Gasteiger partial charge on any atom is 0.334 e. The lowest BCUT2D eigenvalue weighted by Crippen LogP contribution is -2.30. The Labute approximate surface area is 135 Å². The number of benzene rings is 1. The Balaban J connectivity index is 1.95. The van der Waals surface area contributed by atoms with Crippen molar-refractivity contribution < 1.29 is 9.53 Å². The van der Waals surface area contributed by atoms with Crippen molar-refractivity contribution in [2.24, 2.45) is 5.73 Å². The van der Waals surface area contributed by atoms with Crippen LogP contribution in [0, 0.1) is 0 Å². The van der Waals surface area contributed by atoms with Crippen molar-refractivity contribution in [3.05, 3.63) is 53.3 Å². The molecule has 3 rings (SSSR count). The normalized spacial score (nSPS) is 19.5. The standard InChI is InChI=1S/C18H21N3O2/c1-2-23-18(22)15-8-13-6-5-12(14-4-3-7-20-11-14)9-16(13)21-17(19)10-15/h3-9,17,20-21H,2,10-11,19H2,1H3. The lowest BCUT2D eigenvalue weighted by atomic mass is 10.00. The topological polar surface area (TPSA) is 76.4 Å². The molecule has 2 aliphatic rings. The van der Waals surface area contributed by atoms with Gasteiger partial charge >= 0.3 is 5.97 Å². The fourth-order valence-corrected chi connectivity index (χ4v) is 2.77. The average Bonchev–Trinajstić information content (AvgIpc) is 2.73. The number of dihydropyridines is 1. The highest BCUT2D eigenvalue weighted by Crippen LogP contribution is 2.29. The van der Waals surface area contributed by atoms with Gasteiger partial charge in [0.15, 0.2) is 0 Å². The first-order valence-corrected chi connectivity index (χ1v) is 7.80. The number of ether oxygens (including phenoxy) is 1. The van der Waals surface area contributed by atoms with Crippen LogP contribution >= 0.6 is 0 Å². The summed E-state index contributed by atoms with van der Waals surface area (Å²) in [6.45, 7) is 2.96. The molecular weight excluding hydrogens is 290 g/mol. The van der Waals surface area contributed by atoms with Crippen molar-refractivity contribution in [1.82, 2.24) is 5.32 Å². The number of esters is 1. The molecule has 23 heavy (non-hydrogen) atoms. The highest BCUT2D eigenvalue weighted by Gasteiger charge is 2.20. The molecule has 120 valence electrons. The molecule has 1 aromatic carbocycles. The number of carbonyl (C=O) groups is 1. The van der Waals surface area contributed by atoms with E-state index >= 15 is 0 Å². The smallest absolute Gasteiger partial charge is 0.334 e. The predicted molar refractivity (Wildman–Crippen MR) is 92.4 cm³/mol. The molecule has 2 aliphatic heterocycles. The van der Waals surface area contributed by atoms with Crippen LogP contribution in [-0.2, 0) is 9.53 Å². The van der Waals surface area contributed by atoms with E-state index in [1.54, 1.807) is 6.92 Å². The van der Waals surface area contributed by atoms with E-state index in [9.17, 15) is 4.79 Å². The predicted octanol–water partition coefficient (Wildman–Crippen LogP) is 2.23. The van der Waals surface area contributed by atoms with Crippen LogP contribution in [0.25, 0.3) is 11.6 Å². The number of nitrogens with two attached hydrogens (primary N) is 1. The number of hydrogen-bond donors (Lipinski definition) is 3. The molecule has 0 saturated heterocycles. The monoisotopic (exact) mass is 311 g/mol. The van der Waals surface area contributed by atoms with Crippen molar-refractivity contribution >= 4 is 23.3 Å². The first kappa shape index (κ1) is 15.4. The van der Waals surface area contributed by atoms with E-state index in [2.05, 4.69) is 28.8 Å². The van der Waals surface area contributed by atoms with Gasteiger partial charge in [-0.25, -0.2) is 4.79 Å². The Kier molecular flexibility index (Phi) is 4.48. The van der Waals surface area contributed by atoms with Crippen LogP contribution in [0.4, 0.5) is 5.69 Å². The molecule has 2 heterocycles. The molecule has 1 unspecified atom stereocenters. The summed E-state index contributed by atoms with van der Waals surface area (Å²) in [6, 6.07) is 6.14. The Morgan fingerprint density at radius 1 is 1.43 bits per heavy atom. The summed E-state index contributed by atoms with van der Waals surface area (Å²) in [5.41, 5.74) is 10.9. The molecule has 0 aliphatic carbocycles. The number of rotatable bonds is 3. The summed E-state index contributed by atoms with van der Waals surface area (Å²) in [6.07, 6.45) is 7.99.